The van der Waals surface area contributed by atoms with Gasteiger partial charge in [0.1, 0.15) is 11.9 Å². The van der Waals surface area contributed by atoms with Gasteiger partial charge in [-0.25, -0.2) is 9.78 Å². The molecule has 1 aromatic heterocycles. The van der Waals surface area contributed by atoms with Gasteiger partial charge in [0.2, 0.25) is 11.8 Å². The third kappa shape index (κ3) is 7.31. The summed E-state index contributed by atoms with van der Waals surface area (Å²) < 4.78 is 71.4. The molecule has 0 radical (unpaired) electrons. The number of nitriles is 1. The van der Waals surface area contributed by atoms with Crippen molar-refractivity contribution >= 4 is 17.8 Å². The number of imidazole rings is 1. The molecule has 0 aromatic carbocycles. The number of rotatable bonds is 4. The molecule has 1 aromatic rings. The van der Waals surface area contributed by atoms with Crippen LogP contribution in [-0.2, 0) is 33.6 Å². The molecule has 0 aliphatic carbocycles. The zero-order valence-corrected chi connectivity index (χ0v) is 18.1. The molecule has 3 N–H and O–H groups in total. The number of nitrogens with zero attached hydrogens (tertiary/aromatic N) is 5. The number of likely N-dealkylation sites (tertiary alicyclic amines) is 1. The van der Waals surface area contributed by atoms with Crippen molar-refractivity contribution in [1.82, 2.24) is 19.4 Å². The van der Waals surface area contributed by atoms with Crippen LogP contribution in [0.3, 0.4) is 0 Å². The fourth-order valence-electron chi connectivity index (χ4n) is 3.54. The third-order valence-electron chi connectivity index (χ3n) is 5.36. The predicted octanol–water partition coefficient (Wildman–Crippen LogP) is 1.50. The summed E-state index contributed by atoms with van der Waals surface area (Å²) in [5.74, 6) is -3.21. The Morgan fingerprint density at radius 2 is 1.83 bits per heavy atom. The van der Waals surface area contributed by atoms with Gasteiger partial charge in [-0.2, -0.15) is 31.6 Å². The second kappa shape index (κ2) is 10.9. The highest BCUT2D eigenvalue weighted by Gasteiger charge is 2.38. The van der Waals surface area contributed by atoms with E-state index in [-0.39, 0.29) is 50.1 Å². The topological polar surface area (TPSA) is 146 Å². The third-order valence-corrected chi connectivity index (χ3v) is 5.36. The van der Waals surface area contributed by atoms with Crippen LogP contribution in [0.15, 0.2) is 6.20 Å². The molecular formula is C19H22F6N6O4. The van der Waals surface area contributed by atoms with Crippen LogP contribution in [0.4, 0.5) is 26.3 Å². The predicted molar refractivity (Wildman–Crippen MR) is 104 cm³/mol. The Balaban J connectivity index is 0.000000540. The molecule has 2 aliphatic rings. The van der Waals surface area contributed by atoms with Gasteiger partial charge in [0, 0.05) is 32.3 Å². The highest BCUT2D eigenvalue weighted by Crippen LogP contribution is 2.29. The van der Waals surface area contributed by atoms with Gasteiger partial charge in [0.15, 0.2) is 5.69 Å². The fourth-order valence-corrected chi connectivity index (χ4v) is 3.54. The van der Waals surface area contributed by atoms with E-state index in [1.54, 1.807) is 0 Å². The van der Waals surface area contributed by atoms with Crippen molar-refractivity contribution < 1.29 is 45.8 Å². The van der Waals surface area contributed by atoms with Crippen LogP contribution in [0.25, 0.3) is 0 Å². The SMILES string of the molecule is N#C[C@@H]1CCCN1C(=O)[C@@H](N)CCC(=O)N1CCn2cc(C(F)(F)F)nc2C1.O=C(O)C(F)(F)F. The number of aliphatic carboxylic acids is 1. The maximum Gasteiger partial charge on any atom is 0.490 e. The number of nitrogens with two attached hydrogens (primary N) is 1. The molecule has 1 fully saturated rings. The summed E-state index contributed by atoms with van der Waals surface area (Å²) in [6.07, 6.45) is -7.17. The Morgan fingerprint density at radius 1 is 1.20 bits per heavy atom. The molecule has 0 bridgehead atoms. The lowest BCUT2D eigenvalue weighted by Gasteiger charge is -2.28. The Hall–Kier alpha value is -3.35. The summed E-state index contributed by atoms with van der Waals surface area (Å²) in [7, 11) is 0. The maximum atomic E-state index is 12.8. The average Bonchev–Trinajstić information content (AvgIpc) is 3.42. The number of carboxylic acids is 1. The van der Waals surface area contributed by atoms with Crippen LogP contribution in [0.1, 0.15) is 37.2 Å². The molecule has 0 saturated carbocycles. The summed E-state index contributed by atoms with van der Waals surface area (Å²) in [6, 6.07) is 0.712. The minimum atomic E-state index is -5.08. The number of aromatic nitrogens is 2. The molecule has 0 unspecified atom stereocenters. The van der Waals surface area contributed by atoms with Crippen LogP contribution in [0, 0.1) is 11.3 Å². The summed E-state index contributed by atoms with van der Waals surface area (Å²) in [6.45, 7) is 0.966. The van der Waals surface area contributed by atoms with E-state index >= 15 is 0 Å². The molecular weight excluding hydrogens is 490 g/mol. The molecule has 35 heavy (non-hydrogen) atoms. The highest BCUT2D eigenvalue weighted by molar-refractivity contribution is 5.84. The number of fused-ring (bicyclic) bond motifs is 1. The first kappa shape index (κ1) is 27.9. The standard InChI is InChI=1S/C17H21F3N6O2.C2HF3O2/c18-17(19,20)13-9-24-6-7-25(10-14(24)23-13)15(27)4-3-12(22)16(28)26-5-1-2-11(26)8-21;3-2(4,5)1(6)7/h9,11-12H,1-7,10,22H2;(H,6,7)/t11-,12-;/m0./s1. The summed E-state index contributed by atoms with van der Waals surface area (Å²) in [4.78, 5) is 40.1. The minimum absolute atomic E-state index is 0.00477. The van der Waals surface area contributed by atoms with E-state index in [1.165, 1.54) is 14.4 Å². The van der Waals surface area contributed by atoms with E-state index in [9.17, 15) is 35.9 Å². The van der Waals surface area contributed by atoms with Crippen LogP contribution in [0.5, 0.6) is 0 Å². The van der Waals surface area contributed by atoms with Crippen molar-refractivity contribution in [2.75, 3.05) is 13.1 Å². The van der Waals surface area contributed by atoms with Gasteiger partial charge in [-0.05, 0) is 19.3 Å². The van der Waals surface area contributed by atoms with Crippen LogP contribution in [-0.4, -0.2) is 73.6 Å². The van der Waals surface area contributed by atoms with Crippen molar-refractivity contribution in [1.29, 1.82) is 5.26 Å². The number of hydrogen-bond acceptors (Lipinski definition) is 6. The average molecular weight is 512 g/mol. The summed E-state index contributed by atoms with van der Waals surface area (Å²) in [5.41, 5.74) is 4.94. The van der Waals surface area contributed by atoms with Gasteiger partial charge < -0.3 is 25.2 Å². The van der Waals surface area contributed by atoms with Gasteiger partial charge in [-0.3, -0.25) is 9.59 Å². The lowest BCUT2D eigenvalue weighted by atomic mass is 10.1. The zero-order valence-electron chi connectivity index (χ0n) is 18.1. The first-order chi connectivity index (χ1) is 16.1. The Morgan fingerprint density at radius 3 is 2.37 bits per heavy atom. The van der Waals surface area contributed by atoms with Crippen LogP contribution < -0.4 is 5.73 Å². The van der Waals surface area contributed by atoms with Crippen molar-refractivity contribution in [2.45, 2.75) is 63.2 Å². The largest absolute Gasteiger partial charge is 0.490 e. The molecule has 0 spiro atoms. The van der Waals surface area contributed by atoms with Crippen LogP contribution in [0.2, 0.25) is 0 Å². The fraction of sp³-hybridized carbons (Fsp3) is 0.632. The molecule has 2 aliphatic heterocycles. The van der Waals surface area contributed by atoms with E-state index in [0.29, 0.717) is 13.0 Å². The molecule has 2 atom stereocenters. The number of hydrogen-bond donors (Lipinski definition) is 2. The Labute approximate surface area is 194 Å². The van der Waals surface area contributed by atoms with Gasteiger partial charge >= 0.3 is 18.3 Å². The first-order valence-electron chi connectivity index (χ1n) is 10.3. The molecule has 3 heterocycles. The number of alkyl halides is 6. The van der Waals surface area contributed by atoms with Crippen molar-refractivity contribution in [3.05, 3.63) is 17.7 Å². The monoisotopic (exact) mass is 512 g/mol. The number of carbonyl (C=O) groups is 3. The Kier molecular flexibility index (Phi) is 8.71. The van der Waals surface area contributed by atoms with Gasteiger partial charge in [-0.1, -0.05) is 0 Å². The number of amides is 2. The number of halogens is 6. The number of carbonyl (C=O) groups excluding carboxylic acids is 2. The maximum absolute atomic E-state index is 12.8. The molecule has 3 rings (SSSR count). The minimum Gasteiger partial charge on any atom is -0.475 e. The summed E-state index contributed by atoms with van der Waals surface area (Å²) in [5, 5.41) is 16.2. The quantitative estimate of drug-likeness (QED) is 0.582. The second-order valence-electron chi connectivity index (χ2n) is 7.82. The van der Waals surface area contributed by atoms with E-state index < -0.39 is 36.1 Å². The smallest absolute Gasteiger partial charge is 0.475 e. The van der Waals surface area contributed by atoms with Crippen molar-refractivity contribution in [3.8, 4) is 6.07 Å². The highest BCUT2D eigenvalue weighted by atomic mass is 19.4. The zero-order chi connectivity index (χ0) is 26.6. The molecule has 2 amide bonds. The second-order valence-corrected chi connectivity index (χ2v) is 7.82. The van der Waals surface area contributed by atoms with Gasteiger partial charge in [0.05, 0.1) is 18.7 Å². The van der Waals surface area contributed by atoms with E-state index in [0.717, 1.165) is 12.6 Å². The molecule has 1 saturated heterocycles. The van der Waals surface area contributed by atoms with Gasteiger partial charge in [0.25, 0.3) is 0 Å². The lowest BCUT2D eigenvalue weighted by Crippen LogP contribution is -2.46. The van der Waals surface area contributed by atoms with E-state index in [4.69, 9.17) is 20.9 Å². The van der Waals surface area contributed by atoms with Crippen LogP contribution >= 0.6 is 0 Å². The van der Waals surface area contributed by atoms with E-state index in [1.807, 2.05) is 0 Å². The Bertz CT molecular complexity index is 986. The molecule has 194 valence electrons. The van der Waals surface area contributed by atoms with Gasteiger partial charge in [-0.15, -0.1) is 0 Å². The van der Waals surface area contributed by atoms with E-state index in [2.05, 4.69) is 11.1 Å². The number of carboxylic acid groups (broad SMARTS) is 1. The lowest BCUT2D eigenvalue weighted by molar-refractivity contribution is -0.192. The normalized spacial score (nSPS) is 18.7. The molecule has 10 nitrogen and oxygen atoms in total. The first-order valence-corrected chi connectivity index (χ1v) is 10.3. The summed E-state index contributed by atoms with van der Waals surface area (Å²) >= 11 is 0. The molecule has 16 heteroatoms. The van der Waals surface area contributed by atoms with Crippen molar-refractivity contribution in [2.24, 2.45) is 5.73 Å². The van der Waals surface area contributed by atoms with Crippen molar-refractivity contribution in [3.63, 3.8) is 0 Å².